The Kier molecular flexibility index (Phi) is 3.88. The van der Waals surface area contributed by atoms with Crippen LogP contribution in [-0.4, -0.2) is 22.8 Å². The van der Waals surface area contributed by atoms with Crippen LogP contribution in [0.5, 0.6) is 17.4 Å². The molecule has 0 aromatic carbocycles. The molecule has 4 nitrogen and oxygen atoms in total. The molecule has 4 heteroatoms. The molecule has 0 saturated heterocycles. The van der Waals surface area contributed by atoms with Crippen molar-refractivity contribution in [2.45, 2.75) is 65.3 Å². The van der Waals surface area contributed by atoms with Gasteiger partial charge in [-0.1, -0.05) is 0 Å². The van der Waals surface area contributed by atoms with Crippen molar-refractivity contribution < 1.29 is 14.2 Å². The van der Waals surface area contributed by atoms with Gasteiger partial charge in [0.25, 0.3) is 5.88 Å². The maximum Gasteiger partial charge on any atom is 0.261 e. The van der Waals surface area contributed by atoms with Gasteiger partial charge in [-0.3, -0.25) is 0 Å². The van der Waals surface area contributed by atoms with Crippen LogP contribution in [-0.2, 0) is 0 Å². The summed E-state index contributed by atoms with van der Waals surface area (Å²) in [5.41, 5.74) is -0.280. The molecule has 1 heterocycles. The molecule has 0 atom stereocenters. The van der Waals surface area contributed by atoms with Crippen LogP contribution in [0.1, 0.15) is 47.5 Å². The van der Waals surface area contributed by atoms with E-state index >= 15 is 0 Å². The summed E-state index contributed by atoms with van der Waals surface area (Å²) < 4.78 is 17.6. The van der Waals surface area contributed by atoms with Crippen molar-refractivity contribution in [3.05, 3.63) is 12.3 Å². The first-order valence-electron chi connectivity index (χ1n) is 6.86. The molecule has 1 aromatic rings. The minimum absolute atomic E-state index is 0.0546. The van der Waals surface area contributed by atoms with Gasteiger partial charge in [0, 0.05) is 12.3 Å². The third kappa shape index (κ3) is 4.30. The Morgan fingerprint density at radius 3 is 2.47 bits per heavy atom. The van der Waals surface area contributed by atoms with Crippen LogP contribution < -0.4 is 14.2 Å². The Hall–Kier alpha value is -1.45. The van der Waals surface area contributed by atoms with E-state index in [1.54, 1.807) is 6.20 Å². The van der Waals surface area contributed by atoms with Gasteiger partial charge in [0.15, 0.2) is 5.75 Å². The van der Waals surface area contributed by atoms with Crippen molar-refractivity contribution in [1.82, 2.24) is 4.98 Å². The Morgan fingerprint density at radius 2 is 1.95 bits per heavy atom. The standard InChI is InChI=1S/C15H23NO3/c1-10(2)17-14-13(18-11-6-7-11)12(8-9-16-14)19-15(3,4)5/h8-11H,6-7H2,1-5H3. The third-order valence-corrected chi connectivity index (χ3v) is 2.41. The van der Waals surface area contributed by atoms with Gasteiger partial charge in [-0.25, -0.2) is 4.98 Å². The van der Waals surface area contributed by atoms with Gasteiger partial charge >= 0.3 is 0 Å². The van der Waals surface area contributed by atoms with E-state index in [9.17, 15) is 0 Å². The molecule has 1 fully saturated rings. The number of hydrogen-bond donors (Lipinski definition) is 0. The Morgan fingerprint density at radius 1 is 1.26 bits per heavy atom. The highest BCUT2D eigenvalue weighted by atomic mass is 16.6. The quantitative estimate of drug-likeness (QED) is 0.815. The average Bonchev–Trinajstić information content (AvgIpc) is 3.03. The van der Waals surface area contributed by atoms with Crippen molar-refractivity contribution in [2.75, 3.05) is 0 Å². The maximum absolute atomic E-state index is 5.94. The molecule has 0 spiro atoms. The molecule has 0 N–H and O–H groups in total. The van der Waals surface area contributed by atoms with Gasteiger partial charge in [-0.2, -0.15) is 0 Å². The largest absolute Gasteiger partial charge is 0.484 e. The van der Waals surface area contributed by atoms with E-state index < -0.39 is 0 Å². The molecule has 0 amide bonds. The predicted molar refractivity (Wildman–Crippen MR) is 74.0 cm³/mol. The summed E-state index contributed by atoms with van der Waals surface area (Å²) in [6.45, 7) is 9.98. The first kappa shape index (κ1) is 14.0. The highest BCUT2D eigenvalue weighted by molar-refractivity contribution is 5.47. The first-order chi connectivity index (χ1) is 8.85. The van der Waals surface area contributed by atoms with Gasteiger partial charge in [0.1, 0.15) is 5.60 Å². The van der Waals surface area contributed by atoms with E-state index in [4.69, 9.17) is 14.2 Å². The SMILES string of the molecule is CC(C)Oc1nccc(OC(C)(C)C)c1OC1CC1. The molecule has 1 aliphatic rings. The topological polar surface area (TPSA) is 40.6 Å². The predicted octanol–water partition coefficient (Wildman–Crippen LogP) is 3.59. The van der Waals surface area contributed by atoms with Gasteiger partial charge in [0.05, 0.1) is 12.2 Å². The normalized spacial score (nSPS) is 15.5. The number of nitrogens with zero attached hydrogens (tertiary/aromatic N) is 1. The summed E-state index contributed by atoms with van der Waals surface area (Å²) in [4.78, 5) is 4.26. The monoisotopic (exact) mass is 265 g/mol. The summed E-state index contributed by atoms with van der Waals surface area (Å²) in [7, 11) is 0. The summed E-state index contributed by atoms with van der Waals surface area (Å²) in [5, 5.41) is 0. The minimum Gasteiger partial charge on any atom is -0.484 e. The molecule has 1 aromatic heterocycles. The summed E-state index contributed by atoms with van der Waals surface area (Å²) in [6.07, 6.45) is 4.20. The van der Waals surface area contributed by atoms with E-state index in [0.717, 1.165) is 12.8 Å². The highest BCUT2D eigenvalue weighted by Crippen LogP contribution is 2.41. The lowest BCUT2D eigenvalue weighted by atomic mass is 10.2. The first-order valence-corrected chi connectivity index (χ1v) is 6.86. The summed E-state index contributed by atoms with van der Waals surface area (Å²) in [5.74, 6) is 1.85. The minimum atomic E-state index is -0.280. The van der Waals surface area contributed by atoms with E-state index in [1.165, 1.54) is 0 Å². The molecule has 0 unspecified atom stereocenters. The Labute approximate surface area is 115 Å². The second kappa shape index (κ2) is 5.27. The zero-order valence-corrected chi connectivity index (χ0v) is 12.4. The van der Waals surface area contributed by atoms with Gasteiger partial charge in [-0.05, 0) is 47.5 Å². The summed E-state index contributed by atoms with van der Waals surface area (Å²) in [6, 6.07) is 1.83. The van der Waals surface area contributed by atoms with Crippen molar-refractivity contribution in [2.24, 2.45) is 0 Å². The zero-order valence-electron chi connectivity index (χ0n) is 12.4. The third-order valence-electron chi connectivity index (χ3n) is 2.41. The van der Waals surface area contributed by atoms with Crippen molar-refractivity contribution >= 4 is 0 Å². The van der Waals surface area contributed by atoms with Gasteiger partial charge in [-0.15, -0.1) is 0 Å². The molecule has 0 bridgehead atoms. The Bertz CT molecular complexity index is 434. The van der Waals surface area contributed by atoms with E-state index in [-0.39, 0.29) is 17.8 Å². The smallest absolute Gasteiger partial charge is 0.261 e. The molecule has 0 radical (unpaired) electrons. The molecule has 106 valence electrons. The second-order valence-electron chi connectivity index (χ2n) is 6.14. The number of ether oxygens (including phenoxy) is 3. The maximum atomic E-state index is 5.94. The van der Waals surface area contributed by atoms with E-state index in [0.29, 0.717) is 17.4 Å². The molecule has 1 aliphatic carbocycles. The van der Waals surface area contributed by atoms with Gasteiger partial charge < -0.3 is 14.2 Å². The zero-order chi connectivity index (χ0) is 14.0. The lowest BCUT2D eigenvalue weighted by Gasteiger charge is -2.24. The fourth-order valence-corrected chi connectivity index (χ4v) is 1.59. The van der Waals surface area contributed by atoms with Crippen LogP contribution in [0.2, 0.25) is 0 Å². The van der Waals surface area contributed by atoms with Crippen LogP contribution in [0.3, 0.4) is 0 Å². The number of pyridine rings is 1. The second-order valence-corrected chi connectivity index (χ2v) is 6.14. The molecule has 19 heavy (non-hydrogen) atoms. The van der Waals surface area contributed by atoms with Gasteiger partial charge in [0.2, 0.25) is 5.75 Å². The number of hydrogen-bond acceptors (Lipinski definition) is 4. The molecular formula is C15H23NO3. The highest BCUT2D eigenvalue weighted by Gasteiger charge is 2.29. The Balaban J connectivity index is 2.28. The van der Waals surface area contributed by atoms with Crippen LogP contribution >= 0.6 is 0 Å². The average molecular weight is 265 g/mol. The lowest BCUT2D eigenvalue weighted by molar-refractivity contribution is 0.119. The summed E-state index contributed by atoms with van der Waals surface area (Å²) >= 11 is 0. The lowest BCUT2D eigenvalue weighted by Crippen LogP contribution is -2.23. The van der Waals surface area contributed by atoms with Crippen molar-refractivity contribution in [3.63, 3.8) is 0 Å². The van der Waals surface area contributed by atoms with Crippen molar-refractivity contribution in [1.29, 1.82) is 0 Å². The molecule has 0 aliphatic heterocycles. The van der Waals surface area contributed by atoms with E-state index in [2.05, 4.69) is 4.98 Å². The molecule has 2 rings (SSSR count). The van der Waals surface area contributed by atoms with E-state index in [1.807, 2.05) is 40.7 Å². The van der Waals surface area contributed by atoms with Crippen LogP contribution in [0.4, 0.5) is 0 Å². The van der Waals surface area contributed by atoms with Crippen molar-refractivity contribution in [3.8, 4) is 17.4 Å². The van der Waals surface area contributed by atoms with Crippen LogP contribution in [0.15, 0.2) is 12.3 Å². The fourth-order valence-electron chi connectivity index (χ4n) is 1.59. The molecular weight excluding hydrogens is 242 g/mol. The number of rotatable bonds is 5. The number of aromatic nitrogens is 1. The van der Waals surface area contributed by atoms with Crippen LogP contribution in [0, 0.1) is 0 Å². The van der Waals surface area contributed by atoms with Crippen LogP contribution in [0.25, 0.3) is 0 Å². The fraction of sp³-hybridized carbons (Fsp3) is 0.667. The molecule has 1 saturated carbocycles.